The number of carbonyl (C=O) groups is 2. The molecule has 0 aliphatic heterocycles. The number of hydrogen-bond donors (Lipinski definition) is 0. The van der Waals surface area contributed by atoms with Crippen molar-refractivity contribution in [3.63, 3.8) is 0 Å². The Labute approximate surface area is 101 Å². The summed E-state index contributed by atoms with van der Waals surface area (Å²) in [5, 5.41) is 0. The molecular weight excluding hydrogens is 228 g/mol. The first-order valence-electron chi connectivity index (χ1n) is 5.88. The average Bonchev–Trinajstić information content (AvgIpc) is 2.32. The van der Waals surface area contributed by atoms with E-state index in [1.807, 2.05) is 13.8 Å². The van der Waals surface area contributed by atoms with Crippen LogP contribution < -0.4 is 0 Å². The van der Waals surface area contributed by atoms with Gasteiger partial charge < -0.3 is 9.47 Å². The fourth-order valence-corrected chi connectivity index (χ4v) is 0.924. The van der Waals surface area contributed by atoms with Gasteiger partial charge in [-0.25, -0.2) is 0 Å². The van der Waals surface area contributed by atoms with Crippen molar-refractivity contribution in [2.24, 2.45) is 0 Å². The molecule has 0 aliphatic rings. The standard InChI is InChI=1S/C11H20O6/c1-3-5-7-9-15-11(13)17-16-10(12)14-8-6-4-2/h3-9H2,1-2H3. The SMILES string of the molecule is CCCCCOC(=O)OOC(=O)OCCCC. The molecule has 0 aromatic carbocycles. The van der Waals surface area contributed by atoms with Crippen LogP contribution in [0.4, 0.5) is 9.59 Å². The Morgan fingerprint density at radius 3 is 1.71 bits per heavy atom. The molecule has 0 amide bonds. The summed E-state index contributed by atoms with van der Waals surface area (Å²) >= 11 is 0. The predicted molar refractivity (Wildman–Crippen MR) is 59.3 cm³/mol. The molecule has 0 saturated heterocycles. The highest BCUT2D eigenvalue weighted by Crippen LogP contribution is 1.97. The monoisotopic (exact) mass is 248 g/mol. The lowest BCUT2D eigenvalue weighted by molar-refractivity contribution is -0.217. The molecule has 0 N–H and O–H groups in total. The summed E-state index contributed by atoms with van der Waals surface area (Å²) in [7, 11) is 0. The summed E-state index contributed by atoms with van der Waals surface area (Å²) in [5.74, 6) is 0. The highest BCUT2D eigenvalue weighted by atomic mass is 17.3. The van der Waals surface area contributed by atoms with Gasteiger partial charge in [-0.3, -0.25) is 0 Å². The third-order valence-electron chi connectivity index (χ3n) is 1.86. The first kappa shape index (κ1) is 15.5. The number of rotatable bonds is 7. The normalized spacial score (nSPS) is 9.53. The Bertz CT molecular complexity index is 216. The molecule has 6 nitrogen and oxygen atoms in total. The van der Waals surface area contributed by atoms with Crippen LogP contribution in [-0.2, 0) is 19.2 Å². The maximum absolute atomic E-state index is 10.9. The zero-order chi connectivity index (χ0) is 12.9. The van der Waals surface area contributed by atoms with Crippen LogP contribution in [0.25, 0.3) is 0 Å². The summed E-state index contributed by atoms with van der Waals surface area (Å²) in [6.45, 7) is 4.48. The van der Waals surface area contributed by atoms with Crippen LogP contribution in [0.2, 0.25) is 0 Å². The quantitative estimate of drug-likeness (QED) is 0.298. The highest BCUT2D eigenvalue weighted by Gasteiger charge is 2.11. The van der Waals surface area contributed by atoms with E-state index in [1.54, 1.807) is 0 Å². The second kappa shape index (κ2) is 11.0. The van der Waals surface area contributed by atoms with Crippen molar-refractivity contribution in [1.82, 2.24) is 0 Å². The minimum atomic E-state index is -1.04. The van der Waals surface area contributed by atoms with Crippen LogP contribution in [-0.4, -0.2) is 25.5 Å². The Hall–Kier alpha value is -1.46. The number of hydrogen-bond acceptors (Lipinski definition) is 6. The minimum Gasteiger partial charge on any atom is -0.432 e. The van der Waals surface area contributed by atoms with Crippen molar-refractivity contribution in [2.75, 3.05) is 13.2 Å². The Morgan fingerprint density at radius 2 is 1.24 bits per heavy atom. The van der Waals surface area contributed by atoms with E-state index in [-0.39, 0.29) is 13.2 Å². The number of unbranched alkanes of at least 4 members (excludes halogenated alkanes) is 3. The van der Waals surface area contributed by atoms with E-state index in [4.69, 9.17) is 0 Å². The van der Waals surface area contributed by atoms with Crippen LogP contribution in [0.5, 0.6) is 0 Å². The maximum Gasteiger partial charge on any atom is 0.549 e. The molecule has 0 spiro atoms. The van der Waals surface area contributed by atoms with Crippen molar-refractivity contribution in [2.45, 2.75) is 46.0 Å². The van der Waals surface area contributed by atoms with E-state index in [1.165, 1.54) is 0 Å². The van der Waals surface area contributed by atoms with E-state index in [0.717, 1.165) is 32.1 Å². The molecule has 0 bridgehead atoms. The van der Waals surface area contributed by atoms with Gasteiger partial charge in [-0.15, -0.1) is 0 Å². The molecule has 17 heavy (non-hydrogen) atoms. The van der Waals surface area contributed by atoms with Gasteiger partial charge in [-0.05, 0) is 12.8 Å². The van der Waals surface area contributed by atoms with Crippen molar-refractivity contribution in [3.05, 3.63) is 0 Å². The van der Waals surface area contributed by atoms with Crippen LogP contribution in [0, 0.1) is 0 Å². The summed E-state index contributed by atoms with van der Waals surface area (Å²) in [6, 6.07) is 0. The summed E-state index contributed by atoms with van der Waals surface area (Å²) in [4.78, 5) is 29.8. The molecule has 0 fully saturated rings. The minimum absolute atomic E-state index is 0.240. The lowest BCUT2D eigenvalue weighted by Crippen LogP contribution is -2.14. The van der Waals surface area contributed by atoms with Gasteiger partial charge in [0.2, 0.25) is 0 Å². The molecule has 0 aliphatic carbocycles. The number of ether oxygens (including phenoxy) is 2. The summed E-state index contributed by atoms with van der Waals surface area (Å²) in [5.41, 5.74) is 0. The first-order chi connectivity index (χ1) is 8.20. The summed E-state index contributed by atoms with van der Waals surface area (Å²) < 4.78 is 9.21. The van der Waals surface area contributed by atoms with Crippen LogP contribution in [0.3, 0.4) is 0 Å². The zero-order valence-electron chi connectivity index (χ0n) is 10.4. The largest absolute Gasteiger partial charge is 0.549 e. The van der Waals surface area contributed by atoms with Crippen LogP contribution >= 0.6 is 0 Å². The molecule has 0 heterocycles. The first-order valence-corrected chi connectivity index (χ1v) is 5.88. The van der Waals surface area contributed by atoms with Crippen molar-refractivity contribution in [3.8, 4) is 0 Å². The Kier molecular flexibility index (Phi) is 10.1. The van der Waals surface area contributed by atoms with E-state index in [9.17, 15) is 9.59 Å². The Balaban J connectivity index is 3.39. The van der Waals surface area contributed by atoms with E-state index in [0.29, 0.717) is 0 Å². The lowest BCUT2D eigenvalue weighted by Gasteiger charge is -2.04. The number of carbonyl (C=O) groups excluding carboxylic acids is 2. The van der Waals surface area contributed by atoms with Gasteiger partial charge in [-0.2, -0.15) is 19.4 Å². The molecule has 100 valence electrons. The molecule has 0 unspecified atom stereocenters. The van der Waals surface area contributed by atoms with E-state index >= 15 is 0 Å². The smallest absolute Gasteiger partial charge is 0.432 e. The molecular formula is C11H20O6. The van der Waals surface area contributed by atoms with E-state index < -0.39 is 12.3 Å². The Morgan fingerprint density at radius 1 is 0.765 bits per heavy atom. The molecule has 0 aromatic heterocycles. The predicted octanol–water partition coefficient (Wildman–Crippen LogP) is 3.20. The van der Waals surface area contributed by atoms with Gasteiger partial charge in [0, 0.05) is 0 Å². The lowest BCUT2D eigenvalue weighted by atomic mass is 10.3. The van der Waals surface area contributed by atoms with Gasteiger partial charge in [0.15, 0.2) is 0 Å². The molecule has 0 atom stereocenters. The second-order valence-electron chi connectivity index (χ2n) is 3.42. The van der Waals surface area contributed by atoms with Gasteiger partial charge in [0.25, 0.3) is 0 Å². The van der Waals surface area contributed by atoms with Gasteiger partial charge in [0.05, 0.1) is 13.2 Å². The van der Waals surface area contributed by atoms with Gasteiger partial charge in [0.1, 0.15) is 0 Å². The molecule has 6 heteroatoms. The topological polar surface area (TPSA) is 71.1 Å². The summed E-state index contributed by atoms with van der Waals surface area (Å²) in [6.07, 6.45) is 2.31. The van der Waals surface area contributed by atoms with Crippen molar-refractivity contribution >= 4 is 12.3 Å². The third-order valence-corrected chi connectivity index (χ3v) is 1.86. The molecule has 0 rings (SSSR count). The van der Waals surface area contributed by atoms with Crippen molar-refractivity contribution < 1.29 is 28.8 Å². The highest BCUT2D eigenvalue weighted by molar-refractivity contribution is 5.63. The van der Waals surface area contributed by atoms with Crippen LogP contribution in [0.1, 0.15) is 46.0 Å². The maximum atomic E-state index is 10.9. The molecule has 0 radical (unpaired) electrons. The van der Waals surface area contributed by atoms with Gasteiger partial charge >= 0.3 is 12.3 Å². The molecule has 0 saturated carbocycles. The fourth-order valence-electron chi connectivity index (χ4n) is 0.924. The second-order valence-corrected chi connectivity index (χ2v) is 3.42. The third kappa shape index (κ3) is 10.8. The average molecular weight is 248 g/mol. The van der Waals surface area contributed by atoms with Crippen LogP contribution in [0.15, 0.2) is 0 Å². The van der Waals surface area contributed by atoms with Gasteiger partial charge in [-0.1, -0.05) is 33.1 Å². The van der Waals surface area contributed by atoms with E-state index in [2.05, 4.69) is 19.2 Å². The fraction of sp³-hybridized carbons (Fsp3) is 0.818. The molecule has 0 aromatic rings. The zero-order valence-corrected chi connectivity index (χ0v) is 10.4. The van der Waals surface area contributed by atoms with Crippen molar-refractivity contribution in [1.29, 1.82) is 0 Å².